The second-order valence-corrected chi connectivity index (χ2v) is 7.22. The second-order valence-electron chi connectivity index (χ2n) is 5.42. The third-order valence-electron chi connectivity index (χ3n) is 3.55. The lowest BCUT2D eigenvalue weighted by Gasteiger charge is -2.22. The van der Waals surface area contributed by atoms with Crippen molar-refractivity contribution in [3.05, 3.63) is 50.2 Å². The molecule has 1 aromatic heterocycles. The summed E-state index contributed by atoms with van der Waals surface area (Å²) in [6.45, 7) is 9.29. The monoisotopic (exact) mass is 336 g/mol. The van der Waals surface area contributed by atoms with Crippen LogP contribution in [-0.4, -0.2) is 17.5 Å². The van der Waals surface area contributed by atoms with Gasteiger partial charge in [0.15, 0.2) is 0 Å². The Balaban J connectivity index is 2.13. The van der Waals surface area contributed by atoms with Gasteiger partial charge in [0.2, 0.25) is 0 Å². The second kappa shape index (κ2) is 7.16. The highest BCUT2D eigenvalue weighted by Crippen LogP contribution is 2.24. The van der Waals surface area contributed by atoms with Crippen molar-refractivity contribution in [2.24, 2.45) is 0 Å². The summed E-state index contributed by atoms with van der Waals surface area (Å²) in [5.74, 6) is 0. The SMILES string of the molecule is CCN(Cc1ccc(Cl)s1)C(=O)Nc1c(C)cc(C)cc1C. The summed E-state index contributed by atoms with van der Waals surface area (Å²) >= 11 is 7.46. The molecular formula is C17H21ClN2OS. The summed E-state index contributed by atoms with van der Waals surface area (Å²) in [4.78, 5) is 15.4. The maximum absolute atomic E-state index is 12.5. The van der Waals surface area contributed by atoms with Gasteiger partial charge in [0.25, 0.3) is 0 Å². The number of urea groups is 1. The molecule has 1 aromatic carbocycles. The van der Waals surface area contributed by atoms with Gasteiger partial charge in [-0.3, -0.25) is 0 Å². The first-order chi connectivity index (χ1) is 10.4. The van der Waals surface area contributed by atoms with E-state index in [0.717, 1.165) is 26.0 Å². The number of carbonyl (C=O) groups excluding carboxylic acids is 1. The lowest BCUT2D eigenvalue weighted by Crippen LogP contribution is -2.34. The summed E-state index contributed by atoms with van der Waals surface area (Å²) in [6, 6.07) is 7.91. The molecule has 0 bridgehead atoms. The molecule has 118 valence electrons. The molecule has 0 unspecified atom stereocenters. The molecule has 0 fully saturated rings. The van der Waals surface area contributed by atoms with Crippen LogP contribution in [0.5, 0.6) is 0 Å². The molecule has 1 heterocycles. The zero-order valence-corrected chi connectivity index (χ0v) is 14.9. The highest BCUT2D eigenvalue weighted by molar-refractivity contribution is 7.16. The van der Waals surface area contributed by atoms with Gasteiger partial charge in [0, 0.05) is 17.1 Å². The maximum atomic E-state index is 12.5. The molecule has 2 rings (SSSR count). The maximum Gasteiger partial charge on any atom is 0.322 e. The van der Waals surface area contributed by atoms with Gasteiger partial charge in [-0.2, -0.15) is 0 Å². The molecule has 2 aromatic rings. The van der Waals surface area contributed by atoms with Crippen LogP contribution in [0.3, 0.4) is 0 Å². The van der Waals surface area contributed by atoms with Gasteiger partial charge >= 0.3 is 6.03 Å². The van der Waals surface area contributed by atoms with Crippen molar-refractivity contribution in [1.29, 1.82) is 0 Å². The number of amides is 2. The van der Waals surface area contributed by atoms with Crippen LogP contribution >= 0.6 is 22.9 Å². The van der Waals surface area contributed by atoms with Gasteiger partial charge in [0.1, 0.15) is 0 Å². The molecule has 2 amide bonds. The first-order valence-electron chi connectivity index (χ1n) is 7.28. The number of halogens is 1. The Morgan fingerprint density at radius 2 is 1.86 bits per heavy atom. The standard InChI is InChI=1S/C17H21ClN2OS/c1-5-20(10-14-6-7-15(18)22-14)17(21)19-16-12(3)8-11(2)9-13(16)4/h6-9H,5,10H2,1-4H3,(H,19,21). The summed E-state index contributed by atoms with van der Waals surface area (Å²) in [5.41, 5.74) is 4.27. The third-order valence-corrected chi connectivity index (χ3v) is 4.77. The van der Waals surface area contributed by atoms with E-state index in [0.29, 0.717) is 13.1 Å². The van der Waals surface area contributed by atoms with Crippen molar-refractivity contribution in [2.75, 3.05) is 11.9 Å². The van der Waals surface area contributed by atoms with Gasteiger partial charge in [0.05, 0.1) is 10.9 Å². The van der Waals surface area contributed by atoms with E-state index in [-0.39, 0.29) is 6.03 Å². The van der Waals surface area contributed by atoms with Crippen LogP contribution in [0.2, 0.25) is 4.34 Å². The summed E-state index contributed by atoms with van der Waals surface area (Å²) in [5, 5.41) is 3.04. The van der Waals surface area contributed by atoms with Gasteiger partial charge in [-0.05, 0) is 51.0 Å². The fraction of sp³-hybridized carbons (Fsp3) is 0.353. The molecule has 1 N–H and O–H groups in total. The molecule has 0 aliphatic rings. The molecule has 0 spiro atoms. The molecule has 3 nitrogen and oxygen atoms in total. The topological polar surface area (TPSA) is 32.3 Å². The molecule has 0 radical (unpaired) electrons. The predicted molar refractivity (Wildman–Crippen MR) is 95.1 cm³/mol. The molecule has 22 heavy (non-hydrogen) atoms. The van der Waals surface area contributed by atoms with E-state index in [1.807, 2.05) is 32.9 Å². The van der Waals surface area contributed by atoms with Crippen molar-refractivity contribution in [3.63, 3.8) is 0 Å². The van der Waals surface area contributed by atoms with E-state index in [1.165, 1.54) is 16.9 Å². The van der Waals surface area contributed by atoms with Crippen molar-refractivity contribution < 1.29 is 4.79 Å². The van der Waals surface area contributed by atoms with E-state index in [4.69, 9.17) is 11.6 Å². The molecule has 0 atom stereocenters. The van der Waals surface area contributed by atoms with Gasteiger partial charge < -0.3 is 10.2 Å². The average Bonchev–Trinajstić information content (AvgIpc) is 2.85. The van der Waals surface area contributed by atoms with Crippen LogP contribution in [0.25, 0.3) is 0 Å². The van der Waals surface area contributed by atoms with Gasteiger partial charge in [-0.25, -0.2) is 4.79 Å². The number of anilines is 1. The average molecular weight is 337 g/mol. The smallest absolute Gasteiger partial charge is 0.320 e. The zero-order chi connectivity index (χ0) is 16.3. The number of hydrogen-bond acceptors (Lipinski definition) is 2. The number of aryl methyl sites for hydroxylation is 3. The van der Waals surface area contributed by atoms with Crippen molar-refractivity contribution in [2.45, 2.75) is 34.2 Å². The minimum atomic E-state index is -0.0814. The minimum Gasteiger partial charge on any atom is -0.320 e. The van der Waals surface area contributed by atoms with E-state index in [2.05, 4.69) is 24.4 Å². The molecule has 5 heteroatoms. The fourth-order valence-electron chi connectivity index (χ4n) is 2.52. The zero-order valence-electron chi connectivity index (χ0n) is 13.4. The van der Waals surface area contributed by atoms with Crippen molar-refractivity contribution in [1.82, 2.24) is 4.90 Å². The molecule has 0 saturated carbocycles. The summed E-state index contributed by atoms with van der Waals surface area (Å²) < 4.78 is 0.747. The Morgan fingerprint density at radius 1 is 1.23 bits per heavy atom. The number of nitrogens with zero attached hydrogens (tertiary/aromatic N) is 1. The first kappa shape index (κ1) is 16.8. The number of nitrogens with one attached hydrogen (secondary N) is 1. The first-order valence-corrected chi connectivity index (χ1v) is 8.48. The van der Waals surface area contributed by atoms with Crippen molar-refractivity contribution >= 4 is 34.7 Å². The number of thiophene rings is 1. The van der Waals surface area contributed by atoms with E-state index in [1.54, 1.807) is 4.90 Å². The normalized spacial score (nSPS) is 10.6. The molecule has 0 aliphatic heterocycles. The lowest BCUT2D eigenvalue weighted by atomic mass is 10.1. The van der Waals surface area contributed by atoms with Gasteiger partial charge in [-0.1, -0.05) is 29.3 Å². The summed E-state index contributed by atoms with van der Waals surface area (Å²) in [7, 11) is 0. The number of rotatable bonds is 4. The molecule has 0 saturated heterocycles. The van der Waals surface area contributed by atoms with Crippen molar-refractivity contribution in [3.8, 4) is 0 Å². The third kappa shape index (κ3) is 4.02. The number of benzene rings is 1. The summed E-state index contributed by atoms with van der Waals surface area (Å²) in [6.07, 6.45) is 0. The number of hydrogen-bond donors (Lipinski definition) is 1. The highest BCUT2D eigenvalue weighted by atomic mass is 35.5. The highest BCUT2D eigenvalue weighted by Gasteiger charge is 2.15. The molecule has 0 aliphatic carbocycles. The van der Waals surface area contributed by atoms with E-state index in [9.17, 15) is 4.79 Å². The predicted octanol–water partition coefficient (Wildman–Crippen LogP) is 5.38. The Hall–Kier alpha value is -1.52. The number of carbonyl (C=O) groups is 1. The van der Waals surface area contributed by atoms with Crippen LogP contribution in [0.4, 0.5) is 10.5 Å². The fourth-order valence-corrected chi connectivity index (χ4v) is 3.62. The Bertz CT molecular complexity index is 658. The van der Waals surface area contributed by atoms with Crippen LogP contribution in [0.1, 0.15) is 28.5 Å². The largest absolute Gasteiger partial charge is 0.322 e. The minimum absolute atomic E-state index is 0.0814. The Kier molecular flexibility index (Phi) is 5.48. The van der Waals surface area contributed by atoms with E-state index >= 15 is 0 Å². The van der Waals surface area contributed by atoms with Crippen LogP contribution < -0.4 is 5.32 Å². The molecular weight excluding hydrogens is 316 g/mol. The van der Waals surface area contributed by atoms with Crippen LogP contribution in [0.15, 0.2) is 24.3 Å². The Labute approximate surface area is 140 Å². The van der Waals surface area contributed by atoms with Crippen LogP contribution in [0, 0.1) is 20.8 Å². The van der Waals surface area contributed by atoms with Crippen LogP contribution in [-0.2, 0) is 6.54 Å². The Morgan fingerprint density at radius 3 is 2.36 bits per heavy atom. The lowest BCUT2D eigenvalue weighted by molar-refractivity contribution is 0.212. The van der Waals surface area contributed by atoms with E-state index < -0.39 is 0 Å². The quantitative estimate of drug-likeness (QED) is 0.798. The van der Waals surface area contributed by atoms with Gasteiger partial charge in [-0.15, -0.1) is 11.3 Å².